The predicted octanol–water partition coefficient (Wildman–Crippen LogP) is 3.53. The van der Waals surface area contributed by atoms with Crippen molar-refractivity contribution in [2.24, 2.45) is 0 Å². The minimum atomic E-state index is 0.731. The summed E-state index contributed by atoms with van der Waals surface area (Å²) < 4.78 is 0. The molecule has 0 fully saturated rings. The number of thiazole rings is 1. The number of hydrogen-bond donors (Lipinski definition) is 2. The van der Waals surface area contributed by atoms with Crippen molar-refractivity contribution < 1.29 is 0 Å². The van der Waals surface area contributed by atoms with E-state index in [9.17, 15) is 0 Å². The maximum absolute atomic E-state index is 5.74. The molecular weight excluding hydrogens is 256 g/mol. The highest BCUT2D eigenvalue weighted by Crippen LogP contribution is 2.27. The van der Waals surface area contributed by atoms with E-state index in [0.717, 1.165) is 27.8 Å². The fraction of sp³-hybridized carbons (Fsp3) is 0. The Bertz CT molecular complexity index is 679. The molecule has 0 radical (unpaired) electrons. The molecule has 2 heterocycles. The highest BCUT2D eigenvalue weighted by atomic mass is 32.1. The first-order chi connectivity index (χ1) is 9.31. The Balaban J connectivity index is 1.82. The summed E-state index contributed by atoms with van der Waals surface area (Å²) in [4.78, 5) is 8.63. The molecule has 3 aromatic rings. The van der Waals surface area contributed by atoms with E-state index in [1.807, 2.05) is 41.8 Å². The van der Waals surface area contributed by atoms with Gasteiger partial charge in [-0.05, 0) is 30.3 Å². The van der Waals surface area contributed by atoms with E-state index in [1.165, 1.54) is 0 Å². The van der Waals surface area contributed by atoms with Gasteiger partial charge in [-0.2, -0.15) is 0 Å². The molecule has 3 rings (SSSR count). The summed E-state index contributed by atoms with van der Waals surface area (Å²) in [7, 11) is 0. The molecule has 94 valence electrons. The van der Waals surface area contributed by atoms with Crippen LogP contribution in [0.25, 0.3) is 11.3 Å². The van der Waals surface area contributed by atoms with Crippen LogP contribution in [0.4, 0.5) is 16.5 Å². The van der Waals surface area contributed by atoms with E-state index in [0.29, 0.717) is 0 Å². The Kier molecular flexibility index (Phi) is 3.12. The molecule has 19 heavy (non-hydrogen) atoms. The van der Waals surface area contributed by atoms with Crippen molar-refractivity contribution in [1.82, 2.24) is 9.97 Å². The SMILES string of the molecule is Nc1cccc(Nc2nc(-c3cccnc3)cs2)c1. The second-order valence-electron chi connectivity index (χ2n) is 4.03. The molecule has 0 aliphatic heterocycles. The Morgan fingerprint density at radius 1 is 1.16 bits per heavy atom. The number of aromatic nitrogens is 2. The smallest absolute Gasteiger partial charge is 0.187 e. The third-order valence-electron chi connectivity index (χ3n) is 2.60. The van der Waals surface area contributed by atoms with Gasteiger partial charge >= 0.3 is 0 Å². The Labute approximate surface area is 115 Å². The summed E-state index contributed by atoms with van der Waals surface area (Å²) in [6.45, 7) is 0. The second kappa shape index (κ2) is 5.07. The van der Waals surface area contributed by atoms with Gasteiger partial charge in [0.05, 0.1) is 5.69 Å². The first-order valence-electron chi connectivity index (χ1n) is 5.80. The van der Waals surface area contributed by atoms with E-state index >= 15 is 0 Å². The third kappa shape index (κ3) is 2.71. The molecule has 0 spiro atoms. The zero-order valence-corrected chi connectivity index (χ0v) is 10.9. The summed E-state index contributed by atoms with van der Waals surface area (Å²) in [5.74, 6) is 0. The minimum absolute atomic E-state index is 0.731. The van der Waals surface area contributed by atoms with Crippen LogP contribution < -0.4 is 11.1 Å². The van der Waals surface area contributed by atoms with Gasteiger partial charge in [-0.25, -0.2) is 4.98 Å². The van der Waals surface area contributed by atoms with Crippen molar-refractivity contribution in [1.29, 1.82) is 0 Å². The molecule has 0 aliphatic carbocycles. The van der Waals surface area contributed by atoms with Crippen LogP contribution in [0, 0.1) is 0 Å². The van der Waals surface area contributed by atoms with Crippen molar-refractivity contribution in [3.8, 4) is 11.3 Å². The number of rotatable bonds is 3. The van der Waals surface area contributed by atoms with Gasteiger partial charge in [-0.1, -0.05) is 6.07 Å². The summed E-state index contributed by atoms with van der Waals surface area (Å²) in [6.07, 6.45) is 3.56. The monoisotopic (exact) mass is 268 g/mol. The molecule has 5 heteroatoms. The van der Waals surface area contributed by atoms with Gasteiger partial charge in [0.1, 0.15) is 0 Å². The zero-order valence-electron chi connectivity index (χ0n) is 10.1. The summed E-state index contributed by atoms with van der Waals surface area (Å²) >= 11 is 1.55. The number of benzene rings is 1. The molecule has 1 aromatic carbocycles. The number of pyridine rings is 1. The largest absolute Gasteiger partial charge is 0.399 e. The van der Waals surface area contributed by atoms with E-state index in [4.69, 9.17) is 5.73 Å². The van der Waals surface area contributed by atoms with E-state index in [2.05, 4.69) is 15.3 Å². The van der Waals surface area contributed by atoms with Crippen molar-refractivity contribution in [3.05, 3.63) is 54.2 Å². The molecule has 4 nitrogen and oxygen atoms in total. The topological polar surface area (TPSA) is 63.8 Å². The van der Waals surface area contributed by atoms with E-state index < -0.39 is 0 Å². The van der Waals surface area contributed by atoms with Gasteiger partial charge < -0.3 is 11.1 Å². The molecule has 0 amide bonds. The Morgan fingerprint density at radius 2 is 2.11 bits per heavy atom. The molecule has 0 aliphatic rings. The third-order valence-corrected chi connectivity index (χ3v) is 3.36. The summed E-state index contributed by atoms with van der Waals surface area (Å²) in [5.41, 5.74) is 9.35. The van der Waals surface area contributed by atoms with Crippen LogP contribution in [-0.2, 0) is 0 Å². The maximum Gasteiger partial charge on any atom is 0.187 e. The molecule has 0 unspecified atom stereocenters. The van der Waals surface area contributed by atoms with Crippen molar-refractivity contribution >= 4 is 27.8 Å². The van der Waals surface area contributed by atoms with Crippen LogP contribution in [0.3, 0.4) is 0 Å². The lowest BCUT2D eigenvalue weighted by atomic mass is 10.2. The van der Waals surface area contributed by atoms with Gasteiger partial charge in [0.15, 0.2) is 5.13 Å². The summed E-state index contributed by atoms with van der Waals surface area (Å²) in [5, 5.41) is 6.08. The molecule has 0 bridgehead atoms. The fourth-order valence-corrected chi connectivity index (χ4v) is 2.46. The lowest BCUT2D eigenvalue weighted by Gasteiger charge is -2.02. The average molecular weight is 268 g/mol. The first kappa shape index (κ1) is 11.7. The lowest BCUT2D eigenvalue weighted by Crippen LogP contribution is -1.91. The van der Waals surface area contributed by atoms with Crippen LogP contribution in [-0.4, -0.2) is 9.97 Å². The predicted molar refractivity (Wildman–Crippen MR) is 79.5 cm³/mol. The highest BCUT2D eigenvalue weighted by molar-refractivity contribution is 7.14. The standard InChI is InChI=1S/C14H12N4S/c15-11-4-1-5-12(7-11)17-14-18-13(9-19-14)10-3-2-6-16-8-10/h1-9H,15H2,(H,17,18). The van der Waals surface area contributed by atoms with Gasteiger partial charge in [-0.3, -0.25) is 4.98 Å². The van der Waals surface area contributed by atoms with Crippen LogP contribution >= 0.6 is 11.3 Å². The van der Waals surface area contributed by atoms with Crippen molar-refractivity contribution in [2.45, 2.75) is 0 Å². The maximum atomic E-state index is 5.74. The fourth-order valence-electron chi connectivity index (χ4n) is 1.72. The van der Waals surface area contributed by atoms with Crippen LogP contribution in [0.5, 0.6) is 0 Å². The zero-order chi connectivity index (χ0) is 13.1. The van der Waals surface area contributed by atoms with Gasteiger partial charge in [-0.15, -0.1) is 11.3 Å². The molecular formula is C14H12N4S. The second-order valence-corrected chi connectivity index (χ2v) is 4.89. The van der Waals surface area contributed by atoms with Gasteiger partial charge in [0, 0.05) is 34.7 Å². The number of nitrogens with one attached hydrogen (secondary N) is 1. The normalized spacial score (nSPS) is 10.3. The van der Waals surface area contributed by atoms with E-state index in [1.54, 1.807) is 23.7 Å². The Hall–Kier alpha value is -2.40. The quantitative estimate of drug-likeness (QED) is 0.713. The number of hydrogen-bond acceptors (Lipinski definition) is 5. The molecule has 3 N–H and O–H groups in total. The van der Waals surface area contributed by atoms with Gasteiger partial charge in [0.2, 0.25) is 0 Å². The molecule has 0 saturated carbocycles. The van der Waals surface area contributed by atoms with E-state index in [-0.39, 0.29) is 0 Å². The van der Waals surface area contributed by atoms with Crippen LogP contribution in [0.2, 0.25) is 0 Å². The minimum Gasteiger partial charge on any atom is -0.399 e. The molecule has 0 saturated heterocycles. The number of anilines is 3. The number of nitrogens with zero attached hydrogens (tertiary/aromatic N) is 2. The average Bonchev–Trinajstić information content (AvgIpc) is 2.88. The highest BCUT2D eigenvalue weighted by Gasteiger charge is 2.04. The number of nitrogens with two attached hydrogens (primary N) is 1. The molecule has 2 aromatic heterocycles. The first-order valence-corrected chi connectivity index (χ1v) is 6.68. The van der Waals surface area contributed by atoms with Crippen molar-refractivity contribution in [3.63, 3.8) is 0 Å². The molecule has 0 atom stereocenters. The van der Waals surface area contributed by atoms with Crippen molar-refractivity contribution in [2.75, 3.05) is 11.1 Å². The summed E-state index contributed by atoms with van der Waals surface area (Å²) in [6, 6.07) is 11.5. The van der Waals surface area contributed by atoms with Crippen LogP contribution in [0.1, 0.15) is 0 Å². The Morgan fingerprint density at radius 3 is 2.89 bits per heavy atom. The van der Waals surface area contributed by atoms with Gasteiger partial charge in [0.25, 0.3) is 0 Å². The lowest BCUT2D eigenvalue weighted by molar-refractivity contribution is 1.30. The number of nitrogen functional groups attached to an aromatic ring is 1. The van der Waals surface area contributed by atoms with Crippen LogP contribution in [0.15, 0.2) is 54.2 Å².